The molecule has 1 heterocycles. The lowest BCUT2D eigenvalue weighted by atomic mass is 9.85. The molecule has 4 rings (SSSR count). The zero-order valence-electron chi connectivity index (χ0n) is 19.0. The van der Waals surface area contributed by atoms with Crippen molar-refractivity contribution in [3.05, 3.63) is 97.5 Å². The van der Waals surface area contributed by atoms with Crippen LogP contribution in [0.5, 0.6) is 5.75 Å². The fourth-order valence-electron chi connectivity index (χ4n) is 3.82. The molecule has 0 fully saturated rings. The number of ether oxygens (including phenoxy) is 1. The zero-order valence-corrected chi connectivity index (χ0v) is 20.6. The molecular weight excluding hydrogens is 477 g/mol. The third-order valence-electron chi connectivity index (χ3n) is 5.31. The predicted molar refractivity (Wildman–Crippen MR) is 135 cm³/mol. The van der Waals surface area contributed by atoms with Crippen LogP contribution in [-0.4, -0.2) is 29.5 Å². The number of nitro benzene ring substituents is 1. The van der Waals surface area contributed by atoms with E-state index in [1.165, 1.54) is 24.3 Å². The van der Waals surface area contributed by atoms with Crippen LogP contribution in [0.25, 0.3) is 0 Å². The summed E-state index contributed by atoms with van der Waals surface area (Å²) in [6, 6.07) is 16.5. The summed E-state index contributed by atoms with van der Waals surface area (Å²) < 4.78 is 5.18. The standard InChI is InChI=1S/C23H19Cl2N3O4.C2H6/c1-27-12-20(19-10-15(24)11-22(25)21(19)13-27)14-2-4-16(5-3-14)26-23(29)32-18-8-6-17(7-9-18)28(30)31;1-2/h2-11,20H,12-13H2,1H3,(H,26,29);1-2H3. The number of anilines is 1. The molecule has 1 N–H and O–H groups in total. The fraction of sp³-hybridized carbons (Fsp3) is 0.240. The van der Waals surface area contributed by atoms with Crippen molar-refractivity contribution in [3.8, 4) is 5.75 Å². The quantitative estimate of drug-likeness (QED) is 0.303. The minimum Gasteiger partial charge on any atom is -0.410 e. The van der Waals surface area contributed by atoms with Gasteiger partial charge < -0.3 is 9.64 Å². The van der Waals surface area contributed by atoms with E-state index in [1.807, 2.05) is 39.1 Å². The molecule has 9 heteroatoms. The highest BCUT2D eigenvalue weighted by atomic mass is 35.5. The largest absolute Gasteiger partial charge is 0.417 e. The van der Waals surface area contributed by atoms with E-state index in [4.69, 9.17) is 27.9 Å². The number of carbonyl (C=O) groups is 1. The Morgan fingerprint density at radius 3 is 2.35 bits per heavy atom. The van der Waals surface area contributed by atoms with Crippen molar-refractivity contribution >= 4 is 40.7 Å². The molecule has 7 nitrogen and oxygen atoms in total. The summed E-state index contributed by atoms with van der Waals surface area (Å²) in [5.41, 5.74) is 3.74. The highest BCUT2D eigenvalue weighted by molar-refractivity contribution is 6.35. The molecule has 0 aliphatic carbocycles. The van der Waals surface area contributed by atoms with Crippen molar-refractivity contribution < 1.29 is 14.5 Å². The van der Waals surface area contributed by atoms with Gasteiger partial charge in [-0.05, 0) is 60.1 Å². The number of halogens is 2. The Morgan fingerprint density at radius 1 is 1.09 bits per heavy atom. The van der Waals surface area contributed by atoms with Crippen molar-refractivity contribution in [1.82, 2.24) is 4.90 Å². The maximum Gasteiger partial charge on any atom is 0.417 e. The van der Waals surface area contributed by atoms with Gasteiger partial charge in [0.1, 0.15) is 5.75 Å². The molecule has 0 radical (unpaired) electrons. The van der Waals surface area contributed by atoms with E-state index in [1.54, 1.807) is 18.2 Å². The number of hydrogen-bond donors (Lipinski definition) is 1. The van der Waals surface area contributed by atoms with Crippen molar-refractivity contribution in [2.24, 2.45) is 0 Å². The molecule has 1 aliphatic rings. The summed E-state index contributed by atoms with van der Waals surface area (Å²) >= 11 is 12.7. The van der Waals surface area contributed by atoms with Crippen molar-refractivity contribution in [2.75, 3.05) is 18.9 Å². The molecule has 0 aromatic heterocycles. The van der Waals surface area contributed by atoms with Gasteiger partial charge in [0.15, 0.2) is 0 Å². The molecule has 1 amide bonds. The number of fused-ring (bicyclic) bond motifs is 1. The number of benzene rings is 3. The number of carbonyl (C=O) groups excluding carboxylic acids is 1. The minimum atomic E-state index is -0.687. The van der Waals surface area contributed by atoms with E-state index < -0.39 is 11.0 Å². The van der Waals surface area contributed by atoms with Gasteiger partial charge in [-0.2, -0.15) is 0 Å². The van der Waals surface area contributed by atoms with Gasteiger partial charge >= 0.3 is 6.09 Å². The second kappa shape index (κ2) is 11.3. The summed E-state index contributed by atoms with van der Waals surface area (Å²) in [6.45, 7) is 5.58. The fourth-order valence-corrected chi connectivity index (χ4v) is 4.38. The molecule has 0 bridgehead atoms. The predicted octanol–water partition coefficient (Wildman–Crippen LogP) is 7.12. The first-order chi connectivity index (χ1) is 16.3. The third-order valence-corrected chi connectivity index (χ3v) is 5.87. The SMILES string of the molecule is CC.CN1Cc2c(Cl)cc(Cl)cc2C(c2ccc(NC(=O)Oc3ccc([N+](=O)[O-])cc3)cc2)C1. The summed E-state index contributed by atoms with van der Waals surface area (Å²) in [5, 5.41) is 14.6. The van der Waals surface area contributed by atoms with Crippen LogP contribution in [0.3, 0.4) is 0 Å². The molecule has 0 spiro atoms. The van der Waals surface area contributed by atoms with Crippen LogP contribution < -0.4 is 10.1 Å². The van der Waals surface area contributed by atoms with Crippen LogP contribution in [0.15, 0.2) is 60.7 Å². The van der Waals surface area contributed by atoms with Gasteiger partial charge in [0.05, 0.1) is 4.92 Å². The minimum absolute atomic E-state index is 0.0779. The first kappa shape index (κ1) is 25.5. The number of amides is 1. The first-order valence-corrected chi connectivity index (χ1v) is 11.6. The number of hydrogen-bond acceptors (Lipinski definition) is 5. The van der Waals surface area contributed by atoms with E-state index in [2.05, 4.69) is 10.2 Å². The molecule has 3 aromatic carbocycles. The van der Waals surface area contributed by atoms with Crippen LogP contribution in [0.1, 0.15) is 36.5 Å². The van der Waals surface area contributed by atoms with E-state index >= 15 is 0 Å². The van der Waals surface area contributed by atoms with Gasteiger partial charge in [-0.25, -0.2) is 4.79 Å². The molecule has 1 atom stereocenters. The number of non-ortho nitro benzene ring substituents is 1. The second-order valence-electron chi connectivity index (χ2n) is 7.59. The van der Waals surface area contributed by atoms with Crippen molar-refractivity contribution in [3.63, 3.8) is 0 Å². The Hall–Kier alpha value is -3.13. The summed E-state index contributed by atoms with van der Waals surface area (Å²) in [5.74, 6) is 0.307. The lowest BCUT2D eigenvalue weighted by Crippen LogP contribution is -2.31. The van der Waals surface area contributed by atoms with Crippen LogP contribution in [0.2, 0.25) is 10.0 Å². The van der Waals surface area contributed by atoms with Crippen LogP contribution >= 0.6 is 23.2 Å². The van der Waals surface area contributed by atoms with Gasteiger partial charge in [-0.15, -0.1) is 0 Å². The van der Waals surface area contributed by atoms with Gasteiger partial charge in [0, 0.05) is 46.9 Å². The first-order valence-electron chi connectivity index (χ1n) is 10.8. The topological polar surface area (TPSA) is 84.7 Å². The van der Waals surface area contributed by atoms with E-state index in [0.29, 0.717) is 15.7 Å². The number of nitrogens with one attached hydrogen (secondary N) is 1. The number of nitro groups is 1. The van der Waals surface area contributed by atoms with Crippen LogP contribution in [0, 0.1) is 10.1 Å². The van der Waals surface area contributed by atoms with Crippen LogP contribution in [-0.2, 0) is 6.54 Å². The van der Waals surface area contributed by atoms with E-state index in [-0.39, 0.29) is 17.4 Å². The number of likely N-dealkylation sites (N-methyl/N-ethyl adjacent to an activating group) is 1. The number of nitrogens with zero attached hydrogens (tertiary/aromatic N) is 2. The number of rotatable bonds is 4. The maximum absolute atomic E-state index is 12.2. The molecule has 1 unspecified atom stereocenters. The molecule has 3 aromatic rings. The summed E-state index contributed by atoms with van der Waals surface area (Å²) in [4.78, 5) is 24.6. The Bertz CT molecular complexity index is 1170. The van der Waals surface area contributed by atoms with Crippen molar-refractivity contribution in [1.29, 1.82) is 0 Å². The monoisotopic (exact) mass is 501 g/mol. The zero-order chi connectivity index (χ0) is 24.8. The van der Waals surface area contributed by atoms with Crippen LogP contribution in [0.4, 0.5) is 16.2 Å². The molecule has 1 aliphatic heterocycles. The van der Waals surface area contributed by atoms with Gasteiger partial charge in [0.2, 0.25) is 0 Å². The smallest absolute Gasteiger partial charge is 0.410 e. The summed E-state index contributed by atoms with van der Waals surface area (Å²) in [7, 11) is 2.05. The maximum atomic E-state index is 12.2. The van der Waals surface area contributed by atoms with E-state index in [0.717, 1.165) is 29.8 Å². The third kappa shape index (κ3) is 6.05. The second-order valence-corrected chi connectivity index (χ2v) is 8.44. The lowest BCUT2D eigenvalue weighted by Gasteiger charge is -2.33. The Balaban J connectivity index is 0.00000158. The molecule has 34 heavy (non-hydrogen) atoms. The van der Waals surface area contributed by atoms with Gasteiger partial charge in [-0.3, -0.25) is 15.4 Å². The molecule has 0 saturated heterocycles. The average Bonchev–Trinajstić information content (AvgIpc) is 2.81. The lowest BCUT2D eigenvalue weighted by molar-refractivity contribution is -0.384. The molecular formula is C25H25Cl2N3O4. The Morgan fingerprint density at radius 2 is 1.74 bits per heavy atom. The van der Waals surface area contributed by atoms with E-state index in [9.17, 15) is 14.9 Å². The Labute approximate surface area is 208 Å². The normalized spacial score (nSPS) is 14.9. The highest BCUT2D eigenvalue weighted by Crippen LogP contribution is 2.38. The van der Waals surface area contributed by atoms with Gasteiger partial charge in [-0.1, -0.05) is 49.2 Å². The molecule has 178 valence electrons. The van der Waals surface area contributed by atoms with Crippen molar-refractivity contribution in [2.45, 2.75) is 26.3 Å². The highest BCUT2D eigenvalue weighted by Gasteiger charge is 2.27. The van der Waals surface area contributed by atoms with Gasteiger partial charge in [0.25, 0.3) is 5.69 Å². The molecule has 0 saturated carbocycles. The summed E-state index contributed by atoms with van der Waals surface area (Å²) in [6.07, 6.45) is -0.687. The average molecular weight is 502 g/mol. The Kier molecular flexibility index (Phi) is 8.50.